The van der Waals surface area contributed by atoms with E-state index >= 15 is 0 Å². The highest BCUT2D eigenvalue weighted by molar-refractivity contribution is 6.12. The zero-order chi connectivity index (χ0) is 56.5. The molecule has 1 unspecified atom stereocenters. The van der Waals surface area contributed by atoms with E-state index in [1.54, 1.807) is 33.7 Å². The predicted octanol–water partition coefficient (Wildman–Crippen LogP) is 8.26. The summed E-state index contributed by atoms with van der Waals surface area (Å²) < 4.78 is 7.74. The zero-order valence-electron chi connectivity index (χ0n) is 45.0. The number of hydrogen-bond acceptors (Lipinski definition) is 12. The number of hydrogen-bond donors (Lipinski definition) is 5. The van der Waals surface area contributed by atoms with E-state index in [-0.39, 0.29) is 56.8 Å². The molecular formula is C62H64N12O7. The number of rotatable bonds is 26. The van der Waals surface area contributed by atoms with Crippen molar-refractivity contribution in [2.45, 2.75) is 90.1 Å². The third kappa shape index (κ3) is 15.2. The molecule has 81 heavy (non-hydrogen) atoms. The van der Waals surface area contributed by atoms with Gasteiger partial charge in [-0.25, -0.2) is 19.3 Å². The fourth-order valence-electron chi connectivity index (χ4n) is 9.55. The number of aromatic amines is 1. The number of carbonyl (C=O) groups excluding carboxylic acids is 6. The molecule has 8 aromatic rings. The highest BCUT2D eigenvalue weighted by Gasteiger charge is 2.28. The summed E-state index contributed by atoms with van der Waals surface area (Å²) in [5.74, 6) is -1.51. The molecule has 0 bridgehead atoms. The van der Waals surface area contributed by atoms with Crippen LogP contribution in [0.2, 0.25) is 0 Å². The lowest BCUT2D eigenvalue weighted by atomic mass is 9.99. The number of benzene rings is 4. The van der Waals surface area contributed by atoms with Crippen LogP contribution in [0.1, 0.15) is 73.2 Å². The van der Waals surface area contributed by atoms with Crippen LogP contribution < -0.4 is 21.7 Å². The van der Waals surface area contributed by atoms with Crippen LogP contribution in [0.25, 0.3) is 39.4 Å². The average Bonchev–Trinajstić information content (AvgIpc) is 4.25. The summed E-state index contributed by atoms with van der Waals surface area (Å²) in [5.41, 5.74) is 14.9. The largest absolute Gasteiger partial charge is 0.445 e. The second-order valence-corrected chi connectivity index (χ2v) is 19.8. The number of H-pyrrole nitrogens is 1. The van der Waals surface area contributed by atoms with Gasteiger partial charge in [0.25, 0.3) is 11.8 Å². The van der Waals surface area contributed by atoms with E-state index in [0.29, 0.717) is 84.9 Å². The number of imide groups is 1. The van der Waals surface area contributed by atoms with Crippen molar-refractivity contribution in [2.75, 3.05) is 18.4 Å². The quantitative estimate of drug-likeness (QED) is 0.0254. The summed E-state index contributed by atoms with van der Waals surface area (Å²) in [6.45, 7) is 2.73. The Morgan fingerprint density at radius 1 is 0.704 bits per heavy atom. The molecule has 9 rings (SSSR count). The second kappa shape index (κ2) is 27.3. The first-order valence-corrected chi connectivity index (χ1v) is 27.1. The molecule has 1 aliphatic heterocycles. The lowest BCUT2D eigenvalue weighted by Crippen LogP contribution is -2.53. The first-order chi connectivity index (χ1) is 39.5. The van der Waals surface area contributed by atoms with Gasteiger partial charge in [-0.2, -0.15) is 5.10 Å². The number of nitrogens with one attached hydrogen (secondary N) is 4. The summed E-state index contributed by atoms with van der Waals surface area (Å²) in [4.78, 5) is 100. The fraction of sp³-hybridized carbons (Fsp3) is 0.258. The van der Waals surface area contributed by atoms with Crippen molar-refractivity contribution in [3.63, 3.8) is 0 Å². The minimum absolute atomic E-state index is 0.0484. The Labute approximate surface area is 469 Å². The minimum atomic E-state index is -0.987. The topological polar surface area (TPSA) is 252 Å². The summed E-state index contributed by atoms with van der Waals surface area (Å²) >= 11 is 0. The van der Waals surface area contributed by atoms with Gasteiger partial charge in [0.05, 0.1) is 30.2 Å². The maximum absolute atomic E-state index is 14.5. The average molecular weight is 1090 g/mol. The number of fused-ring (bicyclic) bond motifs is 1. The van der Waals surface area contributed by atoms with E-state index in [1.807, 2.05) is 128 Å². The molecule has 19 heteroatoms. The van der Waals surface area contributed by atoms with E-state index < -0.39 is 30.0 Å². The number of aromatic nitrogens is 6. The number of amides is 6. The van der Waals surface area contributed by atoms with Crippen LogP contribution >= 0.6 is 0 Å². The molecule has 0 saturated carbocycles. The molecular weight excluding hydrogens is 1020 g/mol. The van der Waals surface area contributed by atoms with Gasteiger partial charge in [-0.1, -0.05) is 110 Å². The number of aryl methyl sites for hydroxylation is 1. The number of nitrogens with two attached hydrogens (primary N) is 1. The van der Waals surface area contributed by atoms with Gasteiger partial charge in [0, 0.05) is 54.7 Å². The number of carbonyl (C=O) groups is 6. The standard InChI is InChI=1S/C62H64N12O7/c1-42-16-15-24-50(66-42)59-58(47-28-31-54-64-41-65-74(54)38-47)70-53(71-59)39-72(37-46-21-10-11-22-49(46)45-19-7-3-8-20-45)62(80)81-40-44-26-29-48(30-27-44)67-60(78)51(23-12-13-34-63)69-61(79)52(36-43-17-5-2-6-18-43)68-55(75)25-9-4-14-35-73-56(76)32-33-57(73)77/h2-3,5-8,10-11,15-22,24,26-33,38,41,51-52H,4,9,12-14,23,25,34-37,39-40,63H2,1H3,(H,67,78)(H,68,75)(H,69,79)(H,70,71)/t51?,52-/m0/s1. The van der Waals surface area contributed by atoms with Crippen LogP contribution in [0.3, 0.4) is 0 Å². The molecule has 4 aromatic heterocycles. The van der Waals surface area contributed by atoms with Crippen molar-refractivity contribution in [1.82, 2.24) is 50.0 Å². The van der Waals surface area contributed by atoms with E-state index in [0.717, 1.165) is 33.5 Å². The maximum atomic E-state index is 14.5. The lowest BCUT2D eigenvalue weighted by molar-refractivity contribution is -0.137. The number of anilines is 1. The Kier molecular flexibility index (Phi) is 18.9. The first kappa shape index (κ1) is 56.1. The van der Waals surface area contributed by atoms with Gasteiger partial charge in [0.2, 0.25) is 17.7 Å². The van der Waals surface area contributed by atoms with Crippen molar-refractivity contribution < 1.29 is 33.5 Å². The molecule has 2 atom stereocenters. The van der Waals surface area contributed by atoms with Crippen molar-refractivity contribution in [1.29, 1.82) is 0 Å². The molecule has 0 saturated heterocycles. The monoisotopic (exact) mass is 1090 g/mol. The van der Waals surface area contributed by atoms with E-state index in [9.17, 15) is 28.8 Å². The molecule has 0 radical (unpaired) electrons. The highest BCUT2D eigenvalue weighted by atomic mass is 16.6. The maximum Gasteiger partial charge on any atom is 0.410 e. The molecule has 19 nitrogen and oxygen atoms in total. The van der Waals surface area contributed by atoms with Gasteiger partial charge < -0.3 is 31.4 Å². The number of pyridine rings is 2. The van der Waals surface area contributed by atoms with Crippen LogP contribution in [0.4, 0.5) is 10.5 Å². The second-order valence-electron chi connectivity index (χ2n) is 19.8. The van der Waals surface area contributed by atoms with Gasteiger partial charge in [0.1, 0.15) is 30.8 Å². The number of imidazole rings is 1. The van der Waals surface area contributed by atoms with Crippen molar-refractivity contribution in [3.05, 3.63) is 192 Å². The van der Waals surface area contributed by atoms with E-state index in [4.69, 9.17) is 20.4 Å². The SMILES string of the molecule is Cc1cccc(-c2[nH]c(CN(Cc3ccccc3-c3ccccc3)C(=O)OCc3ccc(NC(=O)C(CCCCN)NC(=O)[C@H](Cc4ccccc4)NC(=O)CCCCCN4C(=O)C=CC4=O)cc3)nc2-c2ccc3ncnn3c2)n1. The number of unbranched alkanes of at least 4 members (excludes halogenated alkanes) is 3. The minimum Gasteiger partial charge on any atom is -0.445 e. The molecule has 0 aliphatic carbocycles. The molecule has 6 N–H and O–H groups in total. The first-order valence-electron chi connectivity index (χ1n) is 27.1. The Bertz CT molecular complexity index is 3490. The van der Waals surface area contributed by atoms with Gasteiger partial charge >= 0.3 is 6.09 Å². The van der Waals surface area contributed by atoms with Crippen LogP contribution in [0.15, 0.2) is 164 Å². The Balaban J connectivity index is 0.873. The number of ether oxygens (including phenoxy) is 1. The van der Waals surface area contributed by atoms with Gasteiger partial charge in [-0.15, -0.1) is 0 Å². The lowest BCUT2D eigenvalue weighted by Gasteiger charge is -2.24. The van der Waals surface area contributed by atoms with Crippen LogP contribution in [0, 0.1) is 6.92 Å². The van der Waals surface area contributed by atoms with Crippen molar-refractivity contribution >= 4 is 47.0 Å². The van der Waals surface area contributed by atoms with Gasteiger partial charge in [0.15, 0.2) is 5.65 Å². The van der Waals surface area contributed by atoms with Gasteiger partial charge in [-0.05, 0) is 110 Å². The normalized spacial score (nSPS) is 12.8. The third-order valence-corrected chi connectivity index (χ3v) is 13.8. The van der Waals surface area contributed by atoms with Crippen LogP contribution in [0.5, 0.6) is 0 Å². The molecule has 0 fully saturated rings. The smallest absolute Gasteiger partial charge is 0.410 e. The molecule has 1 aliphatic rings. The molecule has 6 amide bonds. The number of nitrogens with zero attached hydrogens (tertiary/aromatic N) is 7. The van der Waals surface area contributed by atoms with Gasteiger partial charge in [-0.3, -0.25) is 38.8 Å². The third-order valence-electron chi connectivity index (χ3n) is 13.8. The fourth-order valence-corrected chi connectivity index (χ4v) is 9.55. The molecule has 4 aromatic carbocycles. The highest BCUT2D eigenvalue weighted by Crippen LogP contribution is 2.31. The Hall–Kier alpha value is -9.62. The van der Waals surface area contributed by atoms with Crippen molar-refractivity contribution in [3.8, 4) is 33.8 Å². The Morgan fingerprint density at radius 2 is 1.46 bits per heavy atom. The Morgan fingerprint density at radius 3 is 2.22 bits per heavy atom. The van der Waals surface area contributed by atoms with Crippen LogP contribution in [-0.4, -0.2) is 100 Å². The molecule has 414 valence electrons. The van der Waals surface area contributed by atoms with Crippen LogP contribution in [-0.2, 0) is 54.8 Å². The van der Waals surface area contributed by atoms with Crippen molar-refractivity contribution in [2.24, 2.45) is 5.73 Å². The summed E-state index contributed by atoms with van der Waals surface area (Å²) in [5, 5.41) is 13.1. The summed E-state index contributed by atoms with van der Waals surface area (Å²) in [7, 11) is 0. The molecule has 0 spiro atoms. The molecule has 5 heterocycles. The van der Waals surface area contributed by atoms with E-state index in [1.165, 1.54) is 23.4 Å². The zero-order valence-corrected chi connectivity index (χ0v) is 45.0. The summed E-state index contributed by atoms with van der Waals surface area (Å²) in [6.07, 6.45) is 8.63. The predicted molar refractivity (Wildman–Crippen MR) is 306 cm³/mol. The van der Waals surface area contributed by atoms with E-state index in [2.05, 4.69) is 31.0 Å². The summed E-state index contributed by atoms with van der Waals surface area (Å²) in [6, 6.07) is 41.7.